The van der Waals surface area contributed by atoms with E-state index in [1.807, 2.05) is 25.1 Å². The number of hydrogen-bond acceptors (Lipinski definition) is 2. The standard InChI is InChI=1S/C10H12ClN3/c1-2-7(12)10-13-8-4-3-6(11)5-9(8)14-10/h3-5,7H,2,12H2,1H3,(H,13,14)/t7-/m0/s1. The summed E-state index contributed by atoms with van der Waals surface area (Å²) in [5, 5.41) is 0.706. The van der Waals surface area contributed by atoms with E-state index in [1.165, 1.54) is 0 Å². The molecule has 0 aliphatic rings. The van der Waals surface area contributed by atoms with Crippen molar-refractivity contribution in [3.63, 3.8) is 0 Å². The lowest BCUT2D eigenvalue weighted by Crippen LogP contribution is -2.10. The van der Waals surface area contributed by atoms with Crippen LogP contribution >= 0.6 is 11.6 Å². The molecule has 0 saturated carbocycles. The second-order valence-corrected chi connectivity index (χ2v) is 3.73. The summed E-state index contributed by atoms with van der Waals surface area (Å²) in [7, 11) is 0. The molecule has 0 fully saturated rings. The fourth-order valence-electron chi connectivity index (χ4n) is 1.37. The lowest BCUT2D eigenvalue weighted by atomic mass is 10.2. The second-order valence-electron chi connectivity index (χ2n) is 3.30. The Morgan fingerprint density at radius 1 is 1.57 bits per heavy atom. The molecule has 2 rings (SSSR count). The smallest absolute Gasteiger partial charge is 0.124 e. The van der Waals surface area contributed by atoms with Gasteiger partial charge in [0.25, 0.3) is 0 Å². The Kier molecular flexibility index (Phi) is 2.44. The molecule has 0 unspecified atom stereocenters. The fraction of sp³-hybridized carbons (Fsp3) is 0.300. The van der Waals surface area contributed by atoms with E-state index in [4.69, 9.17) is 17.3 Å². The number of rotatable bonds is 2. The van der Waals surface area contributed by atoms with Crippen LogP contribution in [-0.2, 0) is 0 Å². The van der Waals surface area contributed by atoms with Crippen LogP contribution in [0.1, 0.15) is 25.2 Å². The van der Waals surface area contributed by atoms with Crippen LogP contribution in [0.15, 0.2) is 18.2 Å². The molecule has 0 spiro atoms. The average Bonchev–Trinajstić information content (AvgIpc) is 2.59. The largest absolute Gasteiger partial charge is 0.341 e. The van der Waals surface area contributed by atoms with Gasteiger partial charge in [0.2, 0.25) is 0 Å². The van der Waals surface area contributed by atoms with Crippen LogP contribution in [0.5, 0.6) is 0 Å². The second kappa shape index (κ2) is 3.59. The van der Waals surface area contributed by atoms with Crippen molar-refractivity contribution in [2.24, 2.45) is 5.73 Å². The number of benzene rings is 1. The van der Waals surface area contributed by atoms with Gasteiger partial charge in [-0.25, -0.2) is 4.98 Å². The van der Waals surface area contributed by atoms with E-state index in [2.05, 4.69) is 9.97 Å². The Balaban J connectivity index is 2.51. The fourth-order valence-corrected chi connectivity index (χ4v) is 1.54. The summed E-state index contributed by atoms with van der Waals surface area (Å²) in [5.74, 6) is 0.824. The van der Waals surface area contributed by atoms with Crippen molar-refractivity contribution in [2.45, 2.75) is 19.4 Å². The maximum absolute atomic E-state index is 5.87. The van der Waals surface area contributed by atoms with Gasteiger partial charge >= 0.3 is 0 Å². The zero-order valence-corrected chi connectivity index (χ0v) is 8.67. The lowest BCUT2D eigenvalue weighted by molar-refractivity contribution is 0.660. The number of H-pyrrole nitrogens is 1. The van der Waals surface area contributed by atoms with E-state index in [9.17, 15) is 0 Å². The lowest BCUT2D eigenvalue weighted by Gasteiger charge is -2.02. The Morgan fingerprint density at radius 2 is 2.36 bits per heavy atom. The van der Waals surface area contributed by atoms with E-state index in [0.29, 0.717) is 5.02 Å². The summed E-state index contributed by atoms with van der Waals surface area (Å²) < 4.78 is 0. The molecule has 3 nitrogen and oxygen atoms in total. The molecule has 2 aromatic rings. The number of hydrogen-bond donors (Lipinski definition) is 2. The molecule has 0 amide bonds. The summed E-state index contributed by atoms with van der Waals surface area (Å²) in [6, 6.07) is 5.54. The van der Waals surface area contributed by atoms with Crippen LogP contribution in [-0.4, -0.2) is 9.97 Å². The zero-order valence-electron chi connectivity index (χ0n) is 7.92. The molecule has 1 aromatic carbocycles. The number of aromatic nitrogens is 2. The molecule has 0 aliphatic carbocycles. The minimum absolute atomic E-state index is 0.0267. The quantitative estimate of drug-likeness (QED) is 0.799. The number of halogens is 1. The van der Waals surface area contributed by atoms with Crippen LogP contribution < -0.4 is 5.73 Å². The van der Waals surface area contributed by atoms with Gasteiger partial charge in [-0.15, -0.1) is 0 Å². The number of aromatic amines is 1. The number of nitrogens with zero attached hydrogens (tertiary/aromatic N) is 1. The predicted octanol–water partition coefficient (Wildman–Crippen LogP) is 2.63. The molecule has 1 heterocycles. The van der Waals surface area contributed by atoms with Gasteiger partial charge in [0.15, 0.2) is 0 Å². The first-order chi connectivity index (χ1) is 6.70. The van der Waals surface area contributed by atoms with Gasteiger partial charge in [-0.2, -0.15) is 0 Å². The van der Waals surface area contributed by atoms with Gasteiger partial charge in [-0.05, 0) is 24.6 Å². The maximum Gasteiger partial charge on any atom is 0.124 e. The predicted molar refractivity (Wildman–Crippen MR) is 58.3 cm³/mol. The highest BCUT2D eigenvalue weighted by molar-refractivity contribution is 6.31. The molecule has 3 N–H and O–H groups in total. The van der Waals surface area contributed by atoms with Crippen molar-refractivity contribution in [1.82, 2.24) is 9.97 Å². The van der Waals surface area contributed by atoms with Gasteiger partial charge in [-0.1, -0.05) is 18.5 Å². The normalized spacial score (nSPS) is 13.4. The number of nitrogens with one attached hydrogen (secondary N) is 1. The summed E-state index contributed by atoms with van der Waals surface area (Å²) in [5.41, 5.74) is 7.72. The molecule has 0 radical (unpaired) electrons. The first-order valence-electron chi connectivity index (χ1n) is 4.61. The zero-order chi connectivity index (χ0) is 10.1. The van der Waals surface area contributed by atoms with Crippen molar-refractivity contribution in [3.05, 3.63) is 29.0 Å². The van der Waals surface area contributed by atoms with Crippen molar-refractivity contribution in [2.75, 3.05) is 0 Å². The summed E-state index contributed by atoms with van der Waals surface area (Å²) in [6.45, 7) is 2.03. The van der Waals surface area contributed by atoms with Crippen molar-refractivity contribution in [3.8, 4) is 0 Å². The summed E-state index contributed by atoms with van der Waals surface area (Å²) >= 11 is 5.86. The van der Waals surface area contributed by atoms with Crippen LogP contribution in [0.25, 0.3) is 11.0 Å². The van der Waals surface area contributed by atoms with Gasteiger partial charge in [0, 0.05) is 5.02 Å². The van der Waals surface area contributed by atoms with Gasteiger partial charge in [0.05, 0.1) is 17.1 Å². The molecule has 1 atom stereocenters. The molecule has 4 heteroatoms. The Hall–Kier alpha value is -1.06. The molecular formula is C10H12ClN3. The molecule has 14 heavy (non-hydrogen) atoms. The molecule has 0 bridgehead atoms. The molecule has 0 aliphatic heterocycles. The third-order valence-corrected chi connectivity index (χ3v) is 2.49. The minimum Gasteiger partial charge on any atom is -0.341 e. The van der Waals surface area contributed by atoms with Crippen LogP contribution in [0, 0.1) is 0 Å². The van der Waals surface area contributed by atoms with Gasteiger partial charge in [-0.3, -0.25) is 0 Å². The van der Waals surface area contributed by atoms with Crippen LogP contribution in [0.3, 0.4) is 0 Å². The maximum atomic E-state index is 5.87. The van der Waals surface area contributed by atoms with Crippen molar-refractivity contribution < 1.29 is 0 Å². The monoisotopic (exact) mass is 209 g/mol. The number of nitrogens with two attached hydrogens (primary N) is 1. The highest BCUT2D eigenvalue weighted by atomic mass is 35.5. The Labute approximate surface area is 87.3 Å². The van der Waals surface area contributed by atoms with E-state index in [0.717, 1.165) is 23.3 Å². The van der Waals surface area contributed by atoms with E-state index in [1.54, 1.807) is 0 Å². The third-order valence-electron chi connectivity index (χ3n) is 2.25. The first-order valence-corrected chi connectivity index (χ1v) is 4.99. The highest BCUT2D eigenvalue weighted by Crippen LogP contribution is 2.19. The molecule has 0 saturated heterocycles. The van der Waals surface area contributed by atoms with Crippen LogP contribution in [0.2, 0.25) is 5.02 Å². The third kappa shape index (κ3) is 1.61. The van der Waals surface area contributed by atoms with Gasteiger partial charge < -0.3 is 10.7 Å². The SMILES string of the molecule is CC[C@H](N)c1nc2ccc(Cl)cc2[nH]1. The molecule has 74 valence electrons. The van der Waals surface area contributed by atoms with Gasteiger partial charge in [0.1, 0.15) is 5.82 Å². The highest BCUT2D eigenvalue weighted by Gasteiger charge is 2.08. The average molecular weight is 210 g/mol. The van der Waals surface area contributed by atoms with Crippen molar-refractivity contribution >= 4 is 22.6 Å². The molecular weight excluding hydrogens is 198 g/mol. The summed E-state index contributed by atoms with van der Waals surface area (Å²) in [6.07, 6.45) is 0.869. The first kappa shape index (κ1) is 9.49. The van der Waals surface area contributed by atoms with E-state index in [-0.39, 0.29) is 6.04 Å². The number of imidazole rings is 1. The summed E-state index contributed by atoms with van der Waals surface area (Å²) in [4.78, 5) is 7.55. The Morgan fingerprint density at radius 3 is 3.07 bits per heavy atom. The van der Waals surface area contributed by atoms with E-state index < -0.39 is 0 Å². The van der Waals surface area contributed by atoms with Crippen molar-refractivity contribution in [1.29, 1.82) is 0 Å². The number of fused-ring (bicyclic) bond motifs is 1. The topological polar surface area (TPSA) is 54.7 Å². The van der Waals surface area contributed by atoms with Crippen LogP contribution in [0.4, 0.5) is 0 Å². The Bertz CT molecular complexity index is 450. The van der Waals surface area contributed by atoms with E-state index >= 15 is 0 Å². The minimum atomic E-state index is -0.0267. The molecule has 1 aromatic heterocycles.